The number of carbonyl (C=O) groups is 1. The SMILES string of the molecule is COc1ccc(/C=C/C(=O)N2CCN[C@@H](C)C2)cc1. The molecule has 1 amide bonds. The average Bonchev–Trinajstić information content (AvgIpc) is 2.45. The standard InChI is InChI=1S/C15H20N2O2/c1-12-11-17(10-9-16-12)15(18)8-5-13-3-6-14(19-2)7-4-13/h3-8,12,16H,9-11H2,1-2H3/b8-5+/t12-/m0/s1. The predicted molar refractivity (Wildman–Crippen MR) is 76.1 cm³/mol. The molecule has 1 N–H and O–H groups in total. The zero-order chi connectivity index (χ0) is 13.7. The van der Waals surface area contributed by atoms with Crippen LogP contribution in [0.2, 0.25) is 0 Å². The molecule has 1 aromatic rings. The Labute approximate surface area is 114 Å². The van der Waals surface area contributed by atoms with Gasteiger partial charge in [0.15, 0.2) is 0 Å². The number of nitrogens with zero attached hydrogens (tertiary/aromatic N) is 1. The lowest BCUT2D eigenvalue weighted by atomic mass is 10.2. The van der Waals surface area contributed by atoms with Gasteiger partial charge in [0.25, 0.3) is 0 Å². The van der Waals surface area contributed by atoms with Crippen LogP contribution in [0.25, 0.3) is 6.08 Å². The zero-order valence-corrected chi connectivity index (χ0v) is 11.4. The molecule has 102 valence electrons. The maximum atomic E-state index is 12.0. The summed E-state index contributed by atoms with van der Waals surface area (Å²) in [5.74, 6) is 0.892. The Morgan fingerprint density at radius 1 is 1.42 bits per heavy atom. The molecule has 2 rings (SSSR count). The normalized spacial score (nSPS) is 19.7. The zero-order valence-electron chi connectivity index (χ0n) is 11.4. The molecule has 0 spiro atoms. The second kappa shape index (κ2) is 6.38. The summed E-state index contributed by atoms with van der Waals surface area (Å²) in [6.07, 6.45) is 3.48. The van der Waals surface area contributed by atoms with Crippen molar-refractivity contribution in [3.8, 4) is 5.75 Å². The summed E-state index contributed by atoms with van der Waals surface area (Å²) in [7, 11) is 1.64. The van der Waals surface area contributed by atoms with E-state index in [9.17, 15) is 4.79 Å². The van der Waals surface area contributed by atoms with Crippen LogP contribution in [0.5, 0.6) is 5.75 Å². The minimum absolute atomic E-state index is 0.0733. The first-order valence-electron chi connectivity index (χ1n) is 6.53. The maximum absolute atomic E-state index is 12.0. The molecule has 0 unspecified atom stereocenters. The van der Waals surface area contributed by atoms with E-state index >= 15 is 0 Å². The van der Waals surface area contributed by atoms with Crippen molar-refractivity contribution in [2.75, 3.05) is 26.7 Å². The molecule has 0 saturated carbocycles. The molecule has 1 aromatic carbocycles. The van der Waals surface area contributed by atoms with Gasteiger partial charge in [-0.05, 0) is 30.7 Å². The Kier molecular flexibility index (Phi) is 4.58. The third-order valence-electron chi connectivity index (χ3n) is 3.21. The van der Waals surface area contributed by atoms with E-state index in [0.717, 1.165) is 30.9 Å². The van der Waals surface area contributed by atoms with Crippen LogP contribution in [-0.4, -0.2) is 43.6 Å². The largest absolute Gasteiger partial charge is 0.497 e. The number of amides is 1. The van der Waals surface area contributed by atoms with Crippen LogP contribution in [0.3, 0.4) is 0 Å². The van der Waals surface area contributed by atoms with Crippen molar-refractivity contribution in [2.24, 2.45) is 0 Å². The number of rotatable bonds is 3. The molecule has 1 atom stereocenters. The molecular weight excluding hydrogens is 240 g/mol. The third kappa shape index (κ3) is 3.83. The van der Waals surface area contributed by atoms with Gasteiger partial charge in [-0.15, -0.1) is 0 Å². The van der Waals surface area contributed by atoms with Crippen LogP contribution in [0.1, 0.15) is 12.5 Å². The molecule has 1 fully saturated rings. The van der Waals surface area contributed by atoms with Crippen LogP contribution < -0.4 is 10.1 Å². The number of benzene rings is 1. The highest BCUT2D eigenvalue weighted by molar-refractivity contribution is 5.91. The number of ether oxygens (including phenoxy) is 1. The van der Waals surface area contributed by atoms with Gasteiger partial charge in [0.1, 0.15) is 5.75 Å². The molecule has 0 radical (unpaired) electrons. The summed E-state index contributed by atoms with van der Waals surface area (Å²) in [5.41, 5.74) is 0.998. The molecule has 1 saturated heterocycles. The van der Waals surface area contributed by atoms with Crippen LogP contribution in [0.15, 0.2) is 30.3 Å². The molecular formula is C15H20N2O2. The second-order valence-electron chi connectivity index (χ2n) is 4.75. The quantitative estimate of drug-likeness (QED) is 0.838. The Morgan fingerprint density at radius 2 is 2.16 bits per heavy atom. The number of hydrogen-bond donors (Lipinski definition) is 1. The molecule has 1 heterocycles. The lowest BCUT2D eigenvalue weighted by Crippen LogP contribution is -2.50. The van der Waals surface area contributed by atoms with E-state index < -0.39 is 0 Å². The average molecular weight is 260 g/mol. The smallest absolute Gasteiger partial charge is 0.246 e. The minimum Gasteiger partial charge on any atom is -0.497 e. The van der Waals surface area contributed by atoms with Gasteiger partial charge in [-0.1, -0.05) is 12.1 Å². The summed E-state index contributed by atoms with van der Waals surface area (Å²) < 4.78 is 5.10. The number of hydrogen-bond acceptors (Lipinski definition) is 3. The molecule has 0 aliphatic carbocycles. The molecule has 4 nitrogen and oxygen atoms in total. The lowest BCUT2D eigenvalue weighted by molar-refractivity contribution is -0.127. The van der Waals surface area contributed by atoms with E-state index in [1.54, 1.807) is 13.2 Å². The van der Waals surface area contributed by atoms with Gasteiger partial charge in [0.05, 0.1) is 7.11 Å². The first-order chi connectivity index (χ1) is 9.19. The topological polar surface area (TPSA) is 41.6 Å². The summed E-state index contributed by atoms with van der Waals surface area (Å²) in [6.45, 7) is 4.50. The highest BCUT2D eigenvalue weighted by Gasteiger charge is 2.18. The van der Waals surface area contributed by atoms with Crippen LogP contribution in [-0.2, 0) is 4.79 Å². The lowest BCUT2D eigenvalue weighted by Gasteiger charge is -2.31. The van der Waals surface area contributed by atoms with E-state index in [4.69, 9.17) is 4.74 Å². The monoisotopic (exact) mass is 260 g/mol. The van der Waals surface area contributed by atoms with Crippen molar-refractivity contribution in [1.82, 2.24) is 10.2 Å². The van der Waals surface area contributed by atoms with Gasteiger partial charge in [0.2, 0.25) is 5.91 Å². The molecule has 19 heavy (non-hydrogen) atoms. The predicted octanol–water partition coefficient (Wildman–Crippen LogP) is 1.53. The van der Waals surface area contributed by atoms with Crippen molar-refractivity contribution in [3.05, 3.63) is 35.9 Å². The van der Waals surface area contributed by atoms with Crippen molar-refractivity contribution in [3.63, 3.8) is 0 Å². The maximum Gasteiger partial charge on any atom is 0.246 e. The Morgan fingerprint density at radius 3 is 2.79 bits per heavy atom. The van der Waals surface area contributed by atoms with E-state index in [2.05, 4.69) is 12.2 Å². The fourth-order valence-electron chi connectivity index (χ4n) is 2.12. The van der Waals surface area contributed by atoms with Crippen molar-refractivity contribution < 1.29 is 9.53 Å². The van der Waals surface area contributed by atoms with Gasteiger partial charge in [-0.25, -0.2) is 0 Å². The molecule has 1 aliphatic heterocycles. The summed E-state index contributed by atoms with van der Waals surface area (Å²) in [6, 6.07) is 8.01. The van der Waals surface area contributed by atoms with Crippen molar-refractivity contribution in [2.45, 2.75) is 13.0 Å². The van der Waals surface area contributed by atoms with E-state index in [1.165, 1.54) is 0 Å². The number of methoxy groups -OCH3 is 1. The van der Waals surface area contributed by atoms with E-state index in [-0.39, 0.29) is 5.91 Å². The van der Waals surface area contributed by atoms with Gasteiger partial charge >= 0.3 is 0 Å². The van der Waals surface area contributed by atoms with Crippen LogP contribution >= 0.6 is 0 Å². The van der Waals surface area contributed by atoms with Gasteiger partial charge in [0, 0.05) is 31.8 Å². The van der Waals surface area contributed by atoms with Crippen molar-refractivity contribution in [1.29, 1.82) is 0 Å². The highest BCUT2D eigenvalue weighted by Crippen LogP contribution is 2.12. The molecule has 0 aromatic heterocycles. The Hall–Kier alpha value is -1.81. The summed E-state index contributed by atoms with van der Waals surface area (Å²) in [5, 5.41) is 3.32. The highest BCUT2D eigenvalue weighted by atomic mass is 16.5. The van der Waals surface area contributed by atoms with Crippen molar-refractivity contribution >= 4 is 12.0 Å². The first-order valence-corrected chi connectivity index (χ1v) is 6.53. The molecule has 4 heteroatoms. The minimum atomic E-state index is 0.0733. The fraction of sp³-hybridized carbons (Fsp3) is 0.400. The third-order valence-corrected chi connectivity index (χ3v) is 3.21. The Balaban J connectivity index is 1.95. The van der Waals surface area contributed by atoms with Gasteiger partial charge in [-0.3, -0.25) is 4.79 Å². The first kappa shape index (κ1) is 13.6. The second-order valence-corrected chi connectivity index (χ2v) is 4.75. The fourth-order valence-corrected chi connectivity index (χ4v) is 2.12. The number of piperazine rings is 1. The summed E-state index contributed by atoms with van der Waals surface area (Å²) in [4.78, 5) is 13.9. The summed E-state index contributed by atoms with van der Waals surface area (Å²) >= 11 is 0. The van der Waals surface area contributed by atoms with Gasteiger partial charge in [-0.2, -0.15) is 0 Å². The molecule has 0 bridgehead atoms. The van der Waals surface area contributed by atoms with Gasteiger partial charge < -0.3 is 15.0 Å². The number of carbonyl (C=O) groups excluding carboxylic acids is 1. The number of nitrogens with one attached hydrogen (secondary N) is 1. The van der Waals surface area contributed by atoms with E-state index in [0.29, 0.717) is 6.04 Å². The van der Waals surface area contributed by atoms with Crippen LogP contribution in [0.4, 0.5) is 0 Å². The Bertz CT molecular complexity index is 454. The molecule has 1 aliphatic rings. The van der Waals surface area contributed by atoms with E-state index in [1.807, 2.05) is 35.2 Å². The van der Waals surface area contributed by atoms with Crippen LogP contribution in [0, 0.1) is 0 Å².